The van der Waals surface area contributed by atoms with Crippen molar-refractivity contribution in [2.75, 3.05) is 5.43 Å². The maximum Gasteiger partial charge on any atom is 0.283 e. The van der Waals surface area contributed by atoms with Crippen LogP contribution >= 0.6 is 27.7 Å². The van der Waals surface area contributed by atoms with E-state index in [1.165, 1.54) is 24.0 Å². The number of nitriles is 1. The number of H-pyrrole nitrogens is 1. The highest BCUT2D eigenvalue weighted by Crippen LogP contribution is 2.35. The molecule has 0 atom stereocenters. The van der Waals surface area contributed by atoms with Crippen LogP contribution in [0.1, 0.15) is 11.1 Å². The van der Waals surface area contributed by atoms with Gasteiger partial charge in [0.25, 0.3) is 11.2 Å². The van der Waals surface area contributed by atoms with Crippen LogP contribution in [0.25, 0.3) is 11.3 Å². The Morgan fingerprint density at radius 3 is 2.57 bits per heavy atom. The van der Waals surface area contributed by atoms with Crippen molar-refractivity contribution in [2.24, 2.45) is 5.10 Å². The van der Waals surface area contributed by atoms with Crippen LogP contribution in [0.2, 0.25) is 0 Å². The van der Waals surface area contributed by atoms with E-state index in [-0.39, 0.29) is 22.9 Å². The Labute approximate surface area is 211 Å². The topological polar surface area (TPSA) is 137 Å². The van der Waals surface area contributed by atoms with E-state index in [2.05, 4.69) is 36.4 Å². The molecule has 0 aliphatic heterocycles. The highest BCUT2D eigenvalue weighted by Gasteiger charge is 2.16. The minimum atomic E-state index is -0.607. The Morgan fingerprint density at radius 2 is 1.89 bits per heavy atom. The third-order valence-electron chi connectivity index (χ3n) is 4.68. The van der Waals surface area contributed by atoms with Crippen molar-refractivity contribution in [1.82, 2.24) is 9.97 Å². The molecule has 0 spiro atoms. The number of aromatic amines is 1. The molecule has 0 radical (unpaired) electrons. The van der Waals surface area contributed by atoms with Gasteiger partial charge in [-0.05, 0) is 30.3 Å². The Kier molecular flexibility index (Phi) is 7.35. The molecule has 2 N–H and O–H groups in total. The summed E-state index contributed by atoms with van der Waals surface area (Å²) in [6, 6.07) is 22.9. The fraction of sp³-hybridized carbons (Fsp3) is 0. The average molecular weight is 547 g/mol. The van der Waals surface area contributed by atoms with Gasteiger partial charge in [0.05, 0.1) is 21.7 Å². The largest absolute Gasteiger partial charge is 0.290 e. The molecular formula is C24H15BrN6O3S. The van der Waals surface area contributed by atoms with E-state index < -0.39 is 10.5 Å². The molecular weight excluding hydrogens is 532 g/mol. The number of nitro benzene ring substituents is 1. The van der Waals surface area contributed by atoms with Gasteiger partial charge < -0.3 is 0 Å². The van der Waals surface area contributed by atoms with Gasteiger partial charge >= 0.3 is 0 Å². The molecule has 0 amide bonds. The quantitative estimate of drug-likeness (QED) is 0.175. The van der Waals surface area contributed by atoms with Crippen LogP contribution in [0.15, 0.2) is 97.0 Å². The number of anilines is 1. The second-order valence-electron chi connectivity index (χ2n) is 7.03. The maximum atomic E-state index is 12.3. The van der Waals surface area contributed by atoms with Crippen molar-refractivity contribution in [1.29, 1.82) is 5.26 Å². The van der Waals surface area contributed by atoms with E-state index in [9.17, 15) is 20.2 Å². The smallest absolute Gasteiger partial charge is 0.283 e. The molecule has 1 aromatic heterocycles. The molecule has 1 heterocycles. The highest BCUT2D eigenvalue weighted by molar-refractivity contribution is 9.10. The maximum absolute atomic E-state index is 12.3. The number of hydrogen-bond acceptors (Lipinski definition) is 8. The van der Waals surface area contributed by atoms with Crippen molar-refractivity contribution >= 4 is 45.5 Å². The number of benzene rings is 3. The lowest BCUT2D eigenvalue weighted by molar-refractivity contribution is -0.387. The Bertz CT molecular complexity index is 1520. The zero-order valence-electron chi connectivity index (χ0n) is 17.8. The summed E-state index contributed by atoms with van der Waals surface area (Å²) in [6.45, 7) is 0. The summed E-state index contributed by atoms with van der Waals surface area (Å²) in [7, 11) is 0. The molecule has 4 aromatic rings. The molecule has 0 aliphatic carbocycles. The molecule has 0 bridgehead atoms. The van der Waals surface area contributed by atoms with Gasteiger partial charge in [-0.3, -0.25) is 19.9 Å². The minimum absolute atomic E-state index is 0.0287. The summed E-state index contributed by atoms with van der Waals surface area (Å²) in [5.74, 6) is 0.0287. The Morgan fingerprint density at radius 1 is 1.14 bits per heavy atom. The van der Waals surface area contributed by atoms with Gasteiger partial charge in [-0.2, -0.15) is 10.4 Å². The van der Waals surface area contributed by atoms with Crippen LogP contribution in [-0.4, -0.2) is 21.1 Å². The van der Waals surface area contributed by atoms with E-state index in [1.807, 2.05) is 36.4 Å². The third kappa shape index (κ3) is 5.81. The summed E-state index contributed by atoms with van der Waals surface area (Å²) >= 11 is 4.66. The summed E-state index contributed by atoms with van der Waals surface area (Å²) in [4.78, 5) is 31.6. The first-order chi connectivity index (χ1) is 16.9. The second-order valence-corrected chi connectivity index (χ2v) is 9.06. The number of nitrogens with one attached hydrogen (secondary N) is 2. The lowest BCUT2D eigenvalue weighted by Crippen LogP contribution is -2.16. The average Bonchev–Trinajstić information content (AvgIpc) is 2.86. The zero-order valence-corrected chi connectivity index (χ0v) is 20.2. The number of hydrazone groups is 1. The molecule has 0 unspecified atom stereocenters. The number of hydrogen-bond donors (Lipinski definition) is 2. The van der Waals surface area contributed by atoms with Crippen molar-refractivity contribution < 1.29 is 4.92 Å². The van der Waals surface area contributed by atoms with Gasteiger partial charge in [-0.1, -0.05) is 64.1 Å². The highest BCUT2D eigenvalue weighted by atomic mass is 79.9. The van der Waals surface area contributed by atoms with E-state index in [4.69, 9.17) is 0 Å². The number of rotatable bonds is 7. The van der Waals surface area contributed by atoms with Crippen LogP contribution in [0.4, 0.5) is 11.6 Å². The normalized spacial score (nSPS) is 10.7. The Balaban J connectivity index is 1.56. The lowest BCUT2D eigenvalue weighted by atomic mass is 10.1. The molecule has 9 nitrogen and oxygen atoms in total. The van der Waals surface area contributed by atoms with Gasteiger partial charge in [0.2, 0.25) is 5.95 Å². The van der Waals surface area contributed by atoms with Gasteiger partial charge in [-0.15, -0.1) is 0 Å². The van der Waals surface area contributed by atoms with Crippen LogP contribution in [-0.2, 0) is 0 Å². The van der Waals surface area contributed by atoms with Crippen molar-refractivity contribution in [2.45, 2.75) is 9.79 Å². The van der Waals surface area contributed by atoms with Gasteiger partial charge in [0, 0.05) is 26.6 Å². The van der Waals surface area contributed by atoms with Gasteiger partial charge in [0.15, 0.2) is 0 Å². The molecule has 11 heteroatoms. The Hall–Kier alpha value is -4.27. The standard InChI is InChI=1S/C24H15BrN6O3S/c25-17-7-9-18(10-8-17)35-21-11-6-15(12-20(21)31(33)34)14-27-30-24-28-22(16-4-2-1-3-5-16)19(13-26)23(32)29-24/h1-12,14H,(H2,28,29,30,32). The van der Waals surface area contributed by atoms with Gasteiger partial charge in [-0.25, -0.2) is 10.4 Å². The van der Waals surface area contributed by atoms with E-state index in [0.29, 0.717) is 16.0 Å². The van der Waals surface area contributed by atoms with Crippen molar-refractivity contribution in [3.05, 3.63) is 109 Å². The van der Waals surface area contributed by atoms with Crippen LogP contribution in [0, 0.1) is 21.4 Å². The number of nitrogens with zero attached hydrogens (tertiary/aromatic N) is 4. The molecule has 0 aliphatic rings. The first-order valence-corrected chi connectivity index (χ1v) is 11.7. The predicted octanol–water partition coefficient (Wildman–Crippen LogP) is 5.58. The minimum Gasteiger partial charge on any atom is -0.290 e. The predicted molar refractivity (Wildman–Crippen MR) is 138 cm³/mol. The fourth-order valence-corrected chi connectivity index (χ4v) is 4.24. The third-order valence-corrected chi connectivity index (χ3v) is 6.29. The van der Waals surface area contributed by atoms with E-state index in [1.54, 1.807) is 36.4 Å². The molecule has 3 aromatic carbocycles. The number of aromatic nitrogens is 2. The summed E-state index contributed by atoms with van der Waals surface area (Å²) in [6.07, 6.45) is 1.38. The molecule has 0 saturated carbocycles. The lowest BCUT2D eigenvalue weighted by Gasteiger charge is -2.06. The molecule has 4 rings (SSSR count). The van der Waals surface area contributed by atoms with Gasteiger partial charge in [0.1, 0.15) is 11.6 Å². The number of nitro groups is 1. The number of halogens is 1. The fourth-order valence-electron chi connectivity index (χ4n) is 3.08. The first kappa shape index (κ1) is 23.9. The summed E-state index contributed by atoms with van der Waals surface area (Å²) in [5.41, 5.74) is 3.15. The monoisotopic (exact) mass is 546 g/mol. The molecule has 0 fully saturated rings. The van der Waals surface area contributed by atoms with Crippen molar-refractivity contribution in [3.8, 4) is 17.3 Å². The molecule has 35 heavy (non-hydrogen) atoms. The van der Waals surface area contributed by atoms with Crippen LogP contribution in [0.3, 0.4) is 0 Å². The SMILES string of the molecule is N#Cc1c(-c2ccccc2)nc(NN=Cc2ccc(Sc3ccc(Br)cc3)c([N+](=O)[O-])c2)[nH]c1=O. The van der Waals surface area contributed by atoms with Crippen LogP contribution < -0.4 is 11.0 Å². The van der Waals surface area contributed by atoms with E-state index in [0.717, 1.165) is 9.37 Å². The van der Waals surface area contributed by atoms with Crippen LogP contribution in [0.5, 0.6) is 0 Å². The summed E-state index contributed by atoms with van der Waals surface area (Å²) in [5, 5.41) is 25.0. The molecule has 0 saturated heterocycles. The van der Waals surface area contributed by atoms with Crippen molar-refractivity contribution in [3.63, 3.8) is 0 Å². The first-order valence-electron chi connectivity index (χ1n) is 10.1. The summed E-state index contributed by atoms with van der Waals surface area (Å²) < 4.78 is 0.921. The molecule has 172 valence electrons. The second kappa shape index (κ2) is 10.8. The van der Waals surface area contributed by atoms with E-state index >= 15 is 0 Å². The zero-order chi connectivity index (χ0) is 24.8.